The smallest absolute Gasteiger partial charge is 0.251 e. The van der Waals surface area contributed by atoms with Crippen molar-refractivity contribution >= 4 is 39.1 Å². The summed E-state index contributed by atoms with van der Waals surface area (Å²) in [5.41, 5.74) is 1.39. The van der Waals surface area contributed by atoms with E-state index in [1.54, 1.807) is 36.4 Å². The molecule has 1 amide bonds. The quantitative estimate of drug-likeness (QED) is 0.702. The van der Waals surface area contributed by atoms with Gasteiger partial charge in [0, 0.05) is 24.2 Å². The highest BCUT2D eigenvalue weighted by Gasteiger charge is 2.39. The number of carbonyl (C=O) groups excluding carboxylic acids is 1. The molecule has 0 aromatic heterocycles. The van der Waals surface area contributed by atoms with Crippen LogP contribution in [-0.4, -0.2) is 30.7 Å². The van der Waals surface area contributed by atoms with E-state index >= 15 is 0 Å². The maximum atomic E-state index is 13.2. The van der Waals surface area contributed by atoms with E-state index in [9.17, 15) is 13.2 Å². The summed E-state index contributed by atoms with van der Waals surface area (Å²) in [4.78, 5) is 12.1. The van der Waals surface area contributed by atoms with Crippen molar-refractivity contribution in [3.05, 3.63) is 63.6 Å². The van der Waals surface area contributed by atoms with Gasteiger partial charge >= 0.3 is 0 Å². The monoisotopic (exact) mass is 438 g/mol. The first-order valence-electron chi connectivity index (χ1n) is 9.22. The molecule has 0 bridgehead atoms. The van der Waals surface area contributed by atoms with Crippen LogP contribution in [0.25, 0.3) is 0 Å². The second-order valence-electron chi connectivity index (χ2n) is 7.28. The third kappa shape index (κ3) is 4.20. The van der Waals surface area contributed by atoms with Crippen LogP contribution in [0.1, 0.15) is 41.6 Å². The minimum Gasteiger partial charge on any atom is -0.349 e. The lowest BCUT2D eigenvalue weighted by atomic mass is 10.1. The number of sulfonamides is 1. The number of hydrogen-bond donors (Lipinski definition) is 1. The number of hydrogen-bond acceptors (Lipinski definition) is 3. The minimum absolute atomic E-state index is 0.0222. The third-order valence-electron chi connectivity index (χ3n) is 4.92. The van der Waals surface area contributed by atoms with E-state index in [1.807, 2.05) is 0 Å². The van der Waals surface area contributed by atoms with E-state index < -0.39 is 10.0 Å². The number of nitrogens with one attached hydrogen (secondary N) is 1. The van der Waals surface area contributed by atoms with Crippen molar-refractivity contribution < 1.29 is 13.2 Å². The summed E-state index contributed by atoms with van der Waals surface area (Å²) >= 11 is 12.2. The second-order valence-corrected chi connectivity index (χ2v) is 9.92. The first kappa shape index (κ1) is 19.7. The first-order valence-corrected chi connectivity index (χ1v) is 11.4. The average molecular weight is 439 g/mol. The van der Waals surface area contributed by atoms with Gasteiger partial charge in [-0.3, -0.25) is 4.79 Å². The Balaban J connectivity index is 1.55. The molecule has 2 aromatic carbocycles. The third-order valence-corrected chi connectivity index (χ3v) is 7.80. The highest BCUT2D eigenvalue weighted by Crippen LogP contribution is 2.37. The molecule has 2 aliphatic carbocycles. The topological polar surface area (TPSA) is 66.5 Å². The Labute approximate surface area is 174 Å². The lowest BCUT2D eigenvalue weighted by Crippen LogP contribution is -2.33. The largest absolute Gasteiger partial charge is 0.349 e. The van der Waals surface area contributed by atoms with Gasteiger partial charge in [0.25, 0.3) is 5.91 Å². The van der Waals surface area contributed by atoms with Gasteiger partial charge in [-0.1, -0.05) is 41.4 Å². The van der Waals surface area contributed by atoms with Gasteiger partial charge in [0.15, 0.2) is 0 Å². The fourth-order valence-electron chi connectivity index (χ4n) is 3.02. The van der Waals surface area contributed by atoms with Crippen molar-refractivity contribution in [1.82, 2.24) is 9.62 Å². The fraction of sp³-hybridized carbons (Fsp3) is 0.350. The Morgan fingerprint density at radius 2 is 1.71 bits per heavy atom. The summed E-state index contributed by atoms with van der Waals surface area (Å²) in [6.45, 7) is 0.223. The molecule has 5 nitrogen and oxygen atoms in total. The lowest BCUT2D eigenvalue weighted by molar-refractivity contribution is 0.0951. The molecule has 4 rings (SSSR count). The predicted molar refractivity (Wildman–Crippen MR) is 109 cm³/mol. The van der Waals surface area contributed by atoms with Crippen LogP contribution in [0.3, 0.4) is 0 Å². The Morgan fingerprint density at radius 3 is 2.32 bits per heavy atom. The Hall–Kier alpha value is -1.60. The number of nitrogens with zero attached hydrogens (tertiary/aromatic N) is 1. The van der Waals surface area contributed by atoms with E-state index in [-0.39, 0.29) is 33.4 Å². The average Bonchev–Trinajstić information content (AvgIpc) is 3.57. The van der Waals surface area contributed by atoms with Gasteiger partial charge in [-0.15, -0.1) is 0 Å². The van der Waals surface area contributed by atoms with Crippen LogP contribution in [0.15, 0.2) is 47.4 Å². The van der Waals surface area contributed by atoms with Crippen LogP contribution in [0.4, 0.5) is 0 Å². The SMILES string of the molecule is O=C(NC1CC1)c1ccc(CN(C2CC2)S(=O)(=O)c2cccc(Cl)c2Cl)cc1. The molecule has 0 radical (unpaired) electrons. The molecule has 2 aromatic rings. The molecule has 2 aliphatic rings. The number of carbonyl (C=O) groups is 1. The molecule has 2 fully saturated rings. The fourth-order valence-corrected chi connectivity index (χ4v) is 5.43. The van der Waals surface area contributed by atoms with Gasteiger partial charge in [0.1, 0.15) is 4.90 Å². The van der Waals surface area contributed by atoms with E-state index in [1.165, 1.54) is 10.4 Å². The van der Waals surface area contributed by atoms with E-state index in [2.05, 4.69) is 5.32 Å². The standard InChI is InChI=1S/C20H20Cl2N2O3S/c21-17-2-1-3-18(19(17)22)28(26,27)24(16-10-11-16)12-13-4-6-14(7-5-13)20(25)23-15-8-9-15/h1-7,15-16H,8-12H2,(H,23,25). The molecule has 8 heteroatoms. The number of rotatable bonds is 7. The minimum atomic E-state index is -3.79. The van der Waals surface area contributed by atoms with Gasteiger partial charge in [-0.05, 0) is 55.5 Å². The zero-order valence-corrected chi connectivity index (χ0v) is 17.4. The molecule has 0 heterocycles. The molecule has 0 spiro atoms. The van der Waals surface area contributed by atoms with Crippen LogP contribution in [-0.2, 0) is 16.6 Å². The Bertz CT molecular complexity index is 1000. The van der Waals surface area contributed by atoms with Gasteiger partial charge in [-0.25, -0.2) is 8.42 Å². The van der Waals surface area contributed by atoms with Crippen molar-refractivity contribution in [2.24, 2.45) is 0 Å². The first-order chi connectivity index (χ1) is 13.4. The summed E-state index contributed by atoms with van der Waals surface area (Å²) in [5.74, 6) is -0.0913. The normalized spacial score (nSPS) is 17.0. The van der Waals surface area contributed by atoms with Crippen molar-refractivity contribution in [1.29, 1.82) is 0 Å². The number of benzene rings is 2. The van der Waals surface area contributed by atoms with Crippen molar-refractivity contribution in [2.75, 3.05) is 0 Å². The molecule has 2 saturated carbocycles. The molecule has 148 valence electrons. The molecular formula is C20H20Cl2N2O3S. The molecule has 0 unspecified atom stereocenters. The molecular weight excluding hydrogens is 419 g/mol. The highest BCUT2D eigenvalue weighted by molar-refractivity contribution is 7.89. The van der Waals surface area contributed by atoms with Crippen molar-refractivity contribution in [3.63, 3.8) is 0 Å². The maximum absolute atomic E-state index is 13.2. The molecule has 0 saturated heterocycles. The van der Waals surface area contributed by atoms with E-state index in [0.717, 1.165) is 31.2 Å². The summed E-state index contributed by atoms with van der Waals surface area (Å²) in [7, 11) is -3.79. The van der Waals surface area contributed by atoms with E-state index in [0.29, 0.717) is 11.6 Å². The van der Waals surface area contributed by atoms with Gasteiger partial charge in [-0.2, -0.15) is 4.31 Å². The molecule has 28 heavy (non-hydrogen) atoms. The molecule has 1 N–H and O–H groups in total. The van der Waals surface area contributed by atoms with Gasteiger partial charge in [0.2, 0.25) is 10.0 Å². The number of amides is 1. The van der Waals surface area contributed by atoms with Crippen LogP contribution >= 0.6 is 23.2 Å². The second kappa shape index (κ2) is 7.67. The molecule has 0 aliphatic heterocycles. The summed E-state index contributed by atoms with van der Waals surface area (Å²) in [5, 5.41) is 3.20. The lowest BCUT2D eigenvalue weighted by Gasteiger charge is -2.23. The number of halogens is 2. The van der Waals surface area contributed by atoms with Crippen LogP contribution < -0.4 is 5.32 Å². The highest BCUT2D eigenvalue weighted by atomic mass is 35.5. The Morgan fingerprint density at radius 1 is 1.04 bits per heavy atom. The summed E-state index contributed by atoms with van der Waals surface area (Å²) in [6.07, 6.45) is 3.70. The van der Waals surface area contributed by atoms with Crippen LogP contribution in [0.5, 0.6) is 0 Å². The Kier molecular flexibility index (Phi) is 5.40. The van der Waals surface area contributed by atoms with Crippen LogP contribution in [0, 0.1) is 0 Å². The van der Waals surface area contributed by atoms with E-state index in [4.69, 9.17) is 23.2 Å². The van der Waals surface area contributed by atoms with Crippen LogP contribution in [0.2, 0.25) is 10.0 Å². The molecule has 0 atom stereocenters. The van der Waals surface area contributed by atoms with Gasteiger partial charge in [0.05, 0.1) is 10.0 Å². The van der Waals surface area contributed by atoms with Gasteiger partial charge < -0.3 is 5.32 Å². The maximum Gasteiger partial charge on any atom is 0.251 e. The van der Waals surface area contributed by atoms with Crippen molar-refractivity contribution in [2.45, 2.75) is 49.2 Å². The predicted octanol–water partition coefficient (Wildman–Crippen LogP) is 4.24. The summed E-state index contributed by atoms with van der Waals surface area (Å²) < 4.78 is 27.9. The summed E-state index contributed by atoms with van der Waals surface area (Å²) in [6, 6.07) is 11.9. The van der Waals surface area contributed by atoms with Crippen molar-refractivity contribution in [3.8, 4) is 0 Å². The zero-order chi connectivity index (χ0) is 19.9. The zero-order valence-electron chi connectivity index (χ0n) is 15.1.